The van der Waals surface area contributed by atoms with E-state index in [1.165, 1.54) is 5.57 Å². The summed E-state index contributed by atoms with van der Waals surface area (Å²) in [6, 6.07) is 3.84. The van der Waals surface area contributed by atoms with Crippen molar-refractivity contribution in [2.45, 2.75) is 20.3 Å². The molecule has 2 nitrogen and oxygen atoms in total. The number of hydrogen-bond acceptors (Lipinski definition) is 2. The summed E-state index contributed by atoms with van der Waals surface area (Å²) in [7, 11) is 1.59. The van der Waals surface area contributed by atoms with Crippen LogP contribution in [0.2, 0.25) is 5.02 Å². The molecule has 0 saturated heterocycles. The quantitative estimate of drug-likeness (QED) is 0.687. The Labute approximate surface area is 122 Å². The minimum atomic E-state index is 0.569. The predicted molar refractivity (Wildman–Crippen MR) is 81.2 cm³/mol. The molecule has 0 aromatic heterocycles. The number of halogens is 2. The van der Waals surface area contributed by atoms with Gasteiger partial charge in [0.25, 0.3) is 0 Å². The third-order valence-corrected chi connectivity index (χ3v) is 3.53. The lowest BCUT2D eigenvalue weighted by Gasteiger charge is -2.12. The van der Waals surface area contributed by atoms with Gasteiger partial charge in [0.15, 0.2) is 11.5 Å². The van der Waals surface area contributed by atoms with Gasteiger partial charge in [0, 0.05) is 5.33 Å². The first kappa shape index (κ1) is 15.4. The Morgan fingerprint density at radius 3 is 2.61 bits per heavy atom. The highest BCUT2D eigenvalue weighted by atomic mass is 79.9. The first-order valence-corrected chi connectivity index (χ1v) is 7.41. The van der Waals surface area contributed by atoms with Gasteiger partial charge in [0.1, 0.15) is 0 Å². The third kappa shape index (κ3) is 3.92. The number of alkyl halides is 1. The molecular weight excluding hydrogens is 316 g/mol. The van der Waals surface area contributed by atoms with Crippen molar-refractivity contribution in [3.8, 4) is 11.5 Å². The van der Waals surface area contributed by atoms with Gasteiger partial charge in [-0.25, -0.2) is 0 Å². The van der Waals surface area contributed by atoms with E-state index in [0.29, 0.717) is 23.1 Å². The van der Waals surface area contributed by atoms with E-state index in [1.54, 1.807) is 7.11 Å². The lowest BCUT2D eigenvalue weighted by Crippen LogP contribution is -1.96. The Kier molecular flexibility index (Phi) is 6.58. The summed E-state index contributed by atoms with van der Waals surface area (Å²) in [4.78, 5) is 0. The molecule has 0 heterocycles. The van der Waals surface area contributed by atoms with Gasteiger partial charge < -0.3 is 9.47 Å². The molecule has 18 heavy (non-hydrogen) atoms. The third-order valence-electron chi connectivity index (χ3n) is 2.53. The van der Waals surface area contributed by atoms with Crippen LogP contribution in [0, 0.1) is 0 Å². The van der Waals surface area contributed by atoms with Crippen molar-refractivity contribution >= 4 is 33.6 Å². The van der Waals surface area contributed by atoms with Crippen LogP contribution in [0.1, 0.15) is 25.8 Å². The zero-order valence-electron chi connectivity index (χ0n) is 10.9. The number of benzene rings is 1. The SMILES string of the molecule is CCOc1cc(C=C(CC)CBr)cc(Cl)c1OC. The molecule has 0 aliphatic heterocycles. The first-order valence-electron chi connectivity index (χ1n) is 5.91. The zero-order chi connectivity index (χ0) is 13.5. The number of ether oxygens (including phenoxy) is 2. The average molecular weight is 334 g/mol. The Morgan fingerprint density at radius 1 is 1.39 bits per heavy atom. The van der Waals surface area contributed by atoms with Crippen molar-refractivity contribution in [2.75, 3.05) is 19.0 Å². The molecule has 0 aliphatic carbocycles. The molecular formula is C14H18BrClO2. The number of methoxy groups -OCH3 is 1. The van der Waals surface area contributed by atoms with Crippen molar-refractivity contribution in [3.05, 3.63) is 28.3 Å². The van der Waals surface area contributed by atoms with Gasteiger partial charge in [-0.1, -0.05) is 46.1 Å². The molecule has 0 N–H and O–H groups in total. The molecule has 0 fully saturated rings. The Hall–Kier alpha value is -0.670. The second-order valence-corrected chi connectivity index (χ2v) is 4.72. The highest BCUT2D eigenvalue weighted by molar-refractivity contribution is 9.09. The maximum absolute atomic E-state index is 6.19. The highest BCUT2D eigenvalue weighted by Crippen LogP contribution is 2.37. The molecule has 0 spiro atoms. The Morgan fingerprint density at radius 2 is 2.11 bits per heavy atom. The van der Waals surface area contributed by atoms with Crippen LogP contribution >= 0.6 is 27.5 Å². The van der Waals surface area contributed by atoms with Crippen LogP contribution < -0.4 is 9.47 Å². The summed E-state index contributed by atoms with van der Waals surface area (Å²) in [5.41, 5.74) is 2.33. The second kappa shape index (κ2) is 7.70. The fraction of sp³-hybridized carbons (Fsp3) is 0.429. The molecule has 1 aromatic carbocycles. The molecule has 0 aliphatic rings. The fourth-order valence-electron chi connectivity index (χ4n) is 1.60. The number of allylic oxidation sites excluding steroid dienone is 1. The summed E-state index contributed by atoms with van der Waals surface area (Å²) < 4.78 is 10.8. The van der Waals surface area contributed by atoms with E-state index in [2.05, 4.69) is 28.9 Å². The van der Waals surface area contributed by atoms with Crippen LogP contribution in [0.3, 0.4) is 0 Å². The summed E-state index contributed by atoms with van der Waals surface area (Å²) in [5.74, 6) is 1.27. The van der Waals surface area contributed by atoms with E-state index in [4.69, 9.17) is 21.1 Å². The summed E-state index contributed by atoms with van der Waals surface area (Å²) in [5, 5.41) is 1.43. The molecule has 0 saturated carbocycles. The normalized spacial score (nSPS) is 11.5. The standard InChI is InChI=1S/C14H18BrClO2/c1-4-10(9-15)6-11-7-12(16)14(17-3)13(8-11)18-5-2/h6-8H,4-5,9H2,1-3H3. The Balaban J connectivity index is 3.19. The molecule has 0 atom stereocenters. The second-order valence-electron chi connectivity index (χ2n) is 3.76. The van der Waals surface area contributed by atoms with E-state index in [9.17, 15) is 0 Å². The number of rotatable bonds is 6. The van der Waals surface area contributed by atoms with E-state index < -0.39 is 0 Å². The number of hydrogen-bond donors (Lipinski definition) is 0. The lowest BCUT2D eigenvalue weighted by molar-refractivity contribution is 0.311. The molecule has 4 heteroatoms. The zero-order valence-corrected chi connectivity index (χ0v) is 13.3. The van der Waals surface area contributed by atoms with Crippen LogP contribution in [0.25, 0.3) is 6.08 Å². The van der Waals surface area contributed by atoms with Crippen molar-refractivity contribution in [3.63, 3.8) is 0 Å². The average Bonchev–Trinajstić information content (AvgIpc) is 2.36. The van der Waals surface area contributed by atoms with E-state index in [1.807, 2.05) is 19.1 Å². The van der Waals surface area contributed by atoms with Gasteiger partial charge in [0.2, 0.25) is 0 Å². The molecule has 1 rings (SSSR count). The van der Waals surface area contributed by atoms with Crippen LogP contribution in [-0.2, 0) is 0 Å². The molecule has 0 unspecified atom stereocenters. The van der Waals surface area contributed by atoms with Crippen LogP contribution in [0.4, 0.5) is 0 Å². The molecule has 100 valence electrons. The van der Waals surface area contributed by atoms with Gasteiger partial charge in [-0.2, -0.15) is 0 Å². The largest absolute Gasteiger partial charge is 0.491 e. The molecule has 0 bridgehead atoms. The lowest BCUT2D eigenvalue weighted by atomic mass is 10.1. The fourth-order valence-corrected chi connectivity index (χ4v) is 2.46. The van der Waals surface area contributed by atoms with Crippen molar-refractivity contribution in [1.82, 2.24) is 0 Å². The van der Waals surface area contributed by atoms with E-state index >= 15 is 0 Å². The van der Waals surface area contributed by atoms with Gasteiger partial charge in [-0.15, -0.1) is 0 Å². The smallest absolute Gasteiger partial charge is 0.179 e. The highest BCUT2D eigenvalue weighted by Gasteiger charge is 2.10. The van der Waals surface area contributed by atoms with Gasteiger partial charge in [0.05, 0.1) is 18.7 Å². The first-order chi connectivity index (χ1) is 8.65. The molecule has 1 aromatic rings. The van der Waals surface area contributed by atoms with E-state index in [-0.39, 0.29) is 0 Å². The van der Waals surface area contributed by atoms with Crippen LogP contribution in [0.15, 0.2) is 17.7 Å². The monoisotopic (exact) mass is 332 g/mol. The molecule has 0 radical (unpaired) electrons. The van der Waals surface area contributed by atoms with Crippen LogP contribution in [-0.4, -0.2) is 19.0 Å². The van der Waals surface area contributed by atoms with Crippen LogP contribution in [0.5, 0.6) is 11.5 Å². The van der Waals surface area contributed by atoms with Crippen molar-refractivity contribution < 1.29 is 9.47 Å². The summed E-state index contributed by atoms with van der Waals surface area (Å²) in [6.07, 6.45) is 3.11. The maximum Gasteiger partial charge on any atom is 0.179 e. The van der Waals surface area contributed by atoms with Crippen molar-refractivity contribution in [1.29, 1.82) is 0 Å². The van der Waals surface area contributed by atoms with Gasteiger partial charge >= 0.3 is 0 Å². The van der Waals surface area contributed by atoms with Gasteiger partial charge in [-0.05, 0) is 31.0 Å². The minimum Gasteiger partial charge on any atom is -0.491 e. The maximum atomic E-state index is 6.19. The summed E-state index contributed by atoms with van der Waals surface area (Å²) >= 11 is 9.67. The van der Waals surface area contributed by atoms with E-state index in [0.717, 1.165) is 17.3 Å². The van der Waals surface area contributed by atoms with Crippen molar-refractivity contribution in [2.24, 2.45) is 0 Å². The predicted octanol–water partition coefficient (Wildman–Crippen LogP) is 4.94. The topological polar surface area (TPSA) is 18.5 Å². The minimum absolute atomic E-state index is 0.569. The molecule has 0 amide bonds. The van der Waals surface area contributed by atoms with Gasteiger partial charge in [-0.3, -0.25) is 0 Å². The summed E-state index contributed by atoms with van der Waals surface area (Å²) in [6.45, 7) is 4.65. The Bertz CT molecular complexity index is 424.